The third kappa shape index (κ3) is 4.40. The van der Waals surface area contributed by atoms with Gasteiger partial charge in [0.15, 0.2) is 11.5 Å². The predicted molar refractivity (Wildman–Crippen MR) is 93.1 cm³/mol. The van der Waals surface area contributed by atoms with E-state index in [2.05, 4.69) is 5.32 Å². The number of carbonyl (C=O) groups is 1. The Bertz CT molecular complexity index is 702. The highest BCUT2D eigenvalue weighted by atomic mass is 35.5. The quantitative estimate of drug-likeness (QED) is 0.795. The Morgan fingerprint density at radius 3 is 2.26 bits per heavy atom. The van der Waals surface area contributed by atoms with Gasteiger partial charge in [0.1, 0.15) is 0 Å². The molecule has 1 aromatic heterocycles. The van der Waals surface area contributed by atoms with Gasteiger partial charge < -0.3 is 19.5 Å². The largest absolute Gasteiger partial charge is 0.493 e. The van der Waals surface area contributed by atoms with E-state index in [0.29, 0.717) is 27.3 Å². The maximum absolute atomic E-state index is 12.0. The summed E-state index contributed by atoms with van der Waals surface area (Å²) in [5.41, 5.74) is 0.540. The van der Waals surface area contributed by atoms with Crippen molar-refractivity contribution in [1.29, 1.82) is 0 Å². The lowest BCUT2D eigenvalue weighted by Crippen LogP contribution is -2.08. The van der Waals surface area contributed by atoms with E-state index in [4.69, 9.17) is 25.8 Å². The van der Waals surface area contributed by atoms with Gasteiger partial charge in [-0.05, 0) is 18.2 Å². The Hall–Kier alpha value is -2.18. The standard InChI is InChI=1S/C16H16ClNO4S/c1-20-12-8-10(9-13(21-2)16(12)22-3)18-15(19)7-5-11-4-6-14(17)23-11/h4-9H,1-3H3,(H,18,19). The van der Waals surface area contributed by atoms with Gasteiger partial charge in [-0.3, -0.25) is 4.79 Å². The van der Waals surface area contributed by atoms with Crippen LogP contribution in [0.25, 0.3) is 6.08 Å². The number of ether oxygens (including phenoxy) is 3. The molecule has 0 atom stereocenters. The van der Waals surface area contributed by atoms with Crippen LogP contribution in [0, 0.1) is 0 Å². The lowest BCUT2D eigenvalue weighted by Gasteiger charge is -2.14. The van der Waals surface area contributed by atoms with E-state index < -0.39 is 0 Å². The number of rotatable bonds is 6. The summed E-state index contributed by atoms with van der Waals surface area (Å²) in [4.78, 5) is 12.9. The molecule has 2 rings (SSSR count). The third-order valence-corrected chi connectivity index (χ3v) is 4.12. The molecular weight excluding hydrogens is 338 g/mol. The number of hydrogen-bond donors (Lipinski definition) is 1. The number of hydrogen-bond acceptors (Lipinski definition) is 5. The Balaban J connectivity index is 2.15. The second kappa shape index (κ2) is 7.89. The summed E-state index contributed by atoms with van der Waals surface area (Å²) in [5.74, 6) is 1.13. The smallest absolute Gasteiger partial charge is 0.248 e. The van der Waals surface area contributed by atoms with Gasteiger partial charge in [0.2, 0.25) is 11.7 Å². The van der Waals surface area contributed by atoms with Crippen molar-refractivity contribution in [2.45, 2.75) is 0 Å². The molecule has 0 unspecified atom stereocenters. The molecule has 0 spiro atoms. The number of halogens is 1. The van der Waals surface area contributed by atoms with Crippen molar-refractivity contribution in [2.75, 3.05) is 26.6 Å². The molecule has 0 saturated heterocycles. The zero-order chi connectivity index (χ0) is 16.8. The Labute approximate surface area is 143 Å². The van der Waals surface area contributed by atoms with Crippen molar-refractivity contribution < 1.29 is 19.0 Å². The van der Waals surface area contributed by atoms with E-state index in [1.165, 1.54) is 38.7 Å². The fraction of sp³-hybridized carbons (Fsp3) is 0.188. The van der Waals surface area contributed by atoms with E-state index in [-0.39, 0.29) is 5.91 Å². The van der Waals surface area contributed by atoms with E-state index in [9.17, 15) is 4.79 Å². The summed E-state index contributed by atoms with van der Waals surface area (Å²) in [6, 6.07) is 6.95. The van der Waals surface area contributed by atoms with Crippen LogP contribution < -0.4 is 19.5 Å². The summed E-state index contributed by atoms with van der Waals surface area (Å²) in [6.45, 7) is 0. The minimum atomic E-state index is -0.274. The molecule has 0 bridgehead atoms. The number of amides is 1. The third-order valence-electron chi connectivity index (χ3n) is 2.93. The zero-order valence-electron chi connectivity index (χ0n) is 12.9. The summed E-state index contributed by atoms with van der Waals surface area (Å²) >= 11 is 7.24. The average Bonchev–Trinajstić information content (AvgIpc) is 2.97. The summed E-state index contributed by atoms with van der Waals surface area (Å²) in [6.07, 6.45) is 3.13. The maximum Gasteiger partial charge on any atom is 0.248 e. The maximum atomic E-state index is 12.0. The first-order chi connectivity index (χ1) is 11.1. The van der Waals surface area contributed by atoms with Crippen molar-refractivity contribution >= 4 is 40.6 Å². The molecule has 0 aliphatic heterocycles. The molecule has 0 radical (unpaired) electrons. The Morgan fingerprint density at radius 1 is 1.13 bits per heavy atom. The van der Waals surface area contributed by atoms with Gasteiger partial charge >= 0.3 is 0 Å². The SMILES string of the molecule is COc1cc(NC(=O)C=Cc2ccc(Cl)s2)cc(OC)c1OC. The molecule has 7 heteroatoms. The van der Waals surface area contributed by atoms with E-state index in [0.717, 1.165) is 4.88 Å². The lowest BCUT2D eigenvalue weighted by molar-refractivity contribution is -0.111. The van der Waals surface area contributed by atoms with Crippen molar-refractivity contribution in [3.8, 4) is 17.2 Å². The Kier molecular flexibility index (Phi) is 5.90. The van der Waals surface area contributed by atoms with Crippen LogP contribution >= 0.6 is 22.9 Å². The fourth-order valence-corrected chi connectivity index (χ4v) is 2.88. The van der Waals surface area contributed by atoms with Crippen LogP contribution in [0.3, 0.4) is 0 Å². The summed E-state index contributed by atoms with van der Waals surface area (Å²) in [7, 11) is 4.56. The van der Waals surface area contributed by atoms with Crippen LogP contribution in [0.15, 0.2) is 30.3 Å². The van der Waals surface area contributed by atoms with Gasteiger partial charge in [-0.25, -0.2) is 0 Å². The van der Waals surface area contributed by atoms with Gasteiger partial charge in [0, 0.05) is 28.8 Å². The van der Waals surface area contributed by atoms with Gasteiger partial charge in [-0.2, -0.15) is 0 Å². The number of benzene rings is 1. The van der Waals surface area contributed by atoms with Crippen LogP contribution in [0.5, 0.6) is 17.2 Å². The minimum absolute atomic E-state index is 0.274. The molecule has 0 saturated carbocycles. The predicted octanol–water partition coefficient (Wildman–Crippen LogP) is 4.08. The second-order valence-corrected chi connectivity index (χ2v) is 6.13. The van der Waals surface area contributed by atoms with Crippen molar-refractivity contribution in [1.82, 2.24) is 0 Å². The van der Waals surface area contributed by atoms with Crippen LogP contribution in [0.2, 0.25) is 4.34 Å². The molecule has 5 nitrogen and oxygen atoms in total. The Morgan fingerprint density at radius 2 is 1.78 bits per heavy atom. The van der Waals surface area contributed by atoms with Crippen LogP contribution in [0.1, 0.15) is 4.88 Å². The number of thiophene rings is 1. The molecule has 1 amide bonds. The first kappa shape index (κ1) is 17.2. The lowest BCUT2D eigenvalue weighted by atomic mass is 10.2. The highest BCUT2D eigenvalue weighted by Crippen LogP contribution is 2.39. The van der Waals surface area contributed by atoms with E-state index in [1.54, 1.807) is 24.3 Å². The van der Waals surface area contributed by atoms with Gasteiger partial charge in [0.05, 0.1) is 25.7 Å². The monoisotopic (exact) mass is 353 g/mol. The zero-order valence-corrected chi connectivity index (χ0v) is 14.5. The van der Waals surface area contributed by atoms with Crippen LogP contribution in [-0.4, -0.2) is 27.2 Å². The topological polar surface area (TPSA) is 56.8 Å². The minimum Gasteiger partial charge on any atom is -0.493 e. The number of carbonyl (C=O) groups excluding carboxylic acids is 1. The first-order valence-electron chi connectivity index (χ1n) is 6.61. The van der Waals surface area contributed by atoms with Crippen molar-refractivity contribution in [3.63, 3.8) is 0 Å². The molecule has 122 valence electrons. The number of methoxy groups -OCH3 is 3. The van der Waals surface area contributed by atoms with E-state index in [1.807, 2.05) is 6.07 Å². The highest BCUT2D eigenvalue weighted by molar-refractivity contribution is 7.17. The van der Waals surface area contributed by atoms with Crippen LogP contribution in [-0.2, 0) is 4.79 Å². The first-order valence-corrected chi connectivity index (χ1v) is 7.81. The molecule has 1 heterocycles. The van der Waals surface area contributed by atoms with E-state index >= 15 is 0 Å². The van der Waals surface area contributed by atoms with Crippen molar-refractivity contribution in [3.05, 3.63) is 39.6 Å². The number of anilines is 1. The van der Waals surface area contributed by atoms with Crippen LogP contribution in [0.4, 0.5) is 5.69 Å². The molecule has 1 aromatic carbocycles. The number of nitrogens with one attached hydrogen (secondary N) is 1. The molecule has 0 fully saturated rings. The average molecular weight is 354 g/mol. The van der Waals surface area contributed by atoms with Gasteiger partial charge in [0.25, 0.3) is 0 Å². The fourth-order valence-electron chi connectivity index (χ4n) is 1.91. The van der Waals surface area contributed by atoms with Gasteiger partial charge in [-0.1, -0.05) is 11.6 Å². The summed E-state index contributed by atoms with van der Waals surface area (Å²) < 4.78 is 16.4. The molecule has 0 aliphatic carbocycles. The molecular formula is C16H16ClNO4S. The molecule has 2 aromatic rings. The van der Waals surface area contributed by atoms with Crippen molar-refractivity contribution in [2.24, 2.45) is 0 Å². The highest BCUT2D eigenvalue weighted by Gasteiger charge is 2.13. The summed E-state index contributed by atoms with van der Waals surface area (Å²) in [5, 5.41) is 2.75. The molecule has 23 heavy (non-hydrogen) atoms. The van der Waals surface area contributed by atoms with Gasteiger partial charge in [-0.15, -0.1) is 11.3 Å². The molecule has 1 N–H and O–H groups in total. The molecule has 0 aliphatic rings. The second-order valence-electron chi connectivity index (χ2n) is 4.38. The normalized spacial score (nSPS) is 10.6.